The van der Waals surface area contributed by atoms with Gasteiger partial charge in [-0.05, 0) is 29.8 Å². The van der Waals surface area contributed by atoms with Crippen LogP contribution in [0.25, 0.3) is 39.2 Å². The van der Waals surface area contributed by atoms with E-state index in [0.29, 0.717) is 28.3 Å². The van der Waals surface area contributed by atoms with Gasteiger partial charge in [0.05, 0.1) is 30.6 Å². The predicted octanol–water partition coefficient (Wildman–Crippen LogP) is 4.48. The van der Waals surface area contributed by atoms with Crippen molar-refractivity contribution in [3.05, 3.63) is 84.6 Å². The number of halogens is 2. The van der Waals surface area contributed by atoms with Crippen LogP contribution >= 0.6 is 0 Å². The Morgan fingerprint density at radius 2 is 1.80 bits per heavy atom. The minimum Gasteiger partial charge on any atom is -0.494 e. The highest BCUT2D eigenvalue weighted by atomic mass is 19.1. The molecule has 1 aromatic carbocycles. The van der Waals surface area contributed by atoms with Gasteiger partial charge < -0.3 is 9.30 Å². The molecule has 0 saturated heterocycles. The Labute approximate surface area is 198 Å². The maximum atomic E-state index is 14.0. The third-order valence-electron chi connectivity index (χ3n) is 5.88. The lowest BCUT2D eigenvalue weighted by Gasteiger charge is -2.10. The molecule has 0 spiro atoms. The molecular weight excluding hydrogens is 452 g/mol. The Kier molecular flexibility index (Phi) is 4.80. The Bertz CT molecular complexity index is 1700. The molecular formula is C25H19F2N7O. The zero-order valence-corrected chi connectivity index (χ0v) is 18.9. The molecule has 0 aliphatic carbocycles. The van der Waals surface area contributed by atoms with E-state index < -0.39 is 11.6 Å². The van der Waals surface area contributed by atoms with Crippen LogP contribution < -0.4 is 4.74 Å². The van der Waals surface area contributed by atoms with Crippen molar-refractivity contribution in [1.82, 2.24) is 33.9 Å². The van der Waals surface area contributed by atoms with Crippen molar-refractivity contribution in [2.45, 2.75) is 6.54 Å². The van der Waals surface area contributed by atoms with Gasteiger partial charge in [-0.2, -0.15) is 10.2 Å². The van der Waals surface area contributed by atoms with Gasteiger partial charge in [0.1, 0.15) is 28.7 Å². The summed E-state index contributed by atoms with van der Waals surface area (Å²) in [5, 5.41) is 8.60. The Morgan fingerprint density at radius 1 is 0.971 bits per heavy atom. The molecule has 10 heteroatoms. The SMILES string of the molecule is COc1ccnn2ccc(-c3cnc4nc(-c5cnn(C)c5)n(Cc5cc(F)cc(F)c5)c4c3)c12. The van der Waals surface area contributed by atoms with Crippen molar-refractivity contribution in [3.8, 4) is 28.3 Å². The first-order valence-corrected chi connectivity index (χ1v) is 10.8. The smallest absolute Gasteiger partial charge is 0.178 e. The predicted molar refractivity (Wildman–Crippen MR) is 126 cm³/mol. The Morgan fingerprint density at radius 3 is 2.54 bits per heavy atom. The van der Waals surface area contributed by atoms with E-state index in [0.717, 1.165) is 28.3 Å². The second-order valence-electron chi connectivity index (χ2n) is 8.19. The third-order valence-corrected chi connectivity index (χ3v) is 5.88. The van der Waals surface area contributed by atoms with Gasteiger partial charge in [-0.3, -0.25) is 4.68 Å². The van der Waals surface area contributed by atoms with Crippen LogP contribution in [0.3, 0.4) is 0 Å². The fraction of sp³-hybridized carbons (Fsp3) is 0.120. The van der Waals surface area contributed by atoms with Gasteiger partial charge >= 0.3 is 0 Å². The first-order chi connectivity index (χ1) is 17.0. The fourth-order valence-corrected chi connectivity index (χ4v) is 4.37. The van der Waals surface area contributed by atoms with Crippen molar-refractivity contribution >= 4 is 16.7 Å². The average Bonchev–Trinajstić information content (AvgIpc) is 3.55. The van der Waals surface area contributed by atoms with Gasteiger partial charge in [-0.1, -0.05) is 0 Å². The topological polar surface area (TPSA) is 75.1 Å². The third kappa shape index (κ3) is 3.59. The molecule has 0 N–H and O–H groups in total. The summed E-state index contributed by atoms with van der Waals surface area (Å²) in [6, 6.07) is 9.20. The summed E-state index contributed by atoms with van der Waals surface area (Å²) in [4.78, 5) is 9.34. The fourth-order valence-electron chi connectivity index (χ4n) is 4.37. The minimum atomic E-state index is -0.633. The molecule has 5 aromatic heterocycles. The van der Waals surface area contributed by atoms with Crippen LogP contribution in [-0.4, -0.2) is 41.0 Å². The van der Waals surface area contributed by atoms with Crippen LogP contribution in [0.4, 0.5) is 8.78 Å². The van der Waals surface area contributed by atoms with Crippen molar-refractivity contribution < 1.29 is 13.5 Å². The number of hydrogen-bond donors (Lipinski definition) is 0. The number of ether oxygens (including phenoxy) is 1. The van der Waals surface area contributed by atoms with Crippen LogP contribution in [0.15, 0.2) is 67.4 Å². The average molecular weight is 471 g/mol. The van der Waals surface area contributed by atoms with Crippen molar-refractivity contribution in [3.63, 3.8) is 0 Å². The maximum Gasteiger partial charge on any atom is 0.178 e. The van der Waals surface area contributed by atoms with Crippen molar-refractivity contribution in [1.29, 1.82) is 0 Å². The summed E-state index contributed by atoms with van der Waals surface area (Å²) < 4.78 is 38.8. The molecule has 5 heterocycles. The molecule has 0 aliphatic rings. The molecule has 0 bridgehead atoms. The number of benzene rings is 1. The van der Waals surface area contributed by atoms with Crippen molar-refractivity contribution in [2.75, 3.05) is 7.11 Å². The lowest BCUT2D eigenvalue weighted by atomic mass is 10.1. The van der Waals surface area contributed by atoms with Crippen LogP contribution in [0.2, 0.25) is 0 Å². The molecule has 35 heavy (non-hydrogen) atoms. The van der Waals surface area contributed by atoms with Crippen LogP contribution in [0.1, 0.15) is 5.56 Å². The normalized spacial score (nSPS) is 11.5. The molecule has 0 radical (unpaired) electrons. The first-order valence-electron chi connectivity index (χ1n) is 10.8. The largest absolute Gasteiger partial charge is 0.494 e. The van der Waals surface area contributed by atoms with Crippen molar-refractivity contribution in [2.24, 2.45) is 7.05 Å². The standard InChI is InChI=1S/C25H19F2N7O/c1-32-14-17(12-30-32)25-31-24-21(33(25)13-15-7-18(26)10-19(27)8-15)9-16(11-28-24)20-4-6-34-23(20)22(35-2)3-5-29-34/h3-12,14H,13H2,1-2H3. The van der Waals surface area contributed by atoms with E-state index in [2.05, 4.69) is 15.2 Å². The number of nitrogens with zero attached hydrogens (tertiary/aromatic N) is 7. The van der Waals surface area contributed by atoms with E-state index in [9.17, 15) is 8.78 Å². The molecule has 0 fully saturated rings. The zero-order valence-electron chi connectivity index (χ0n) is 18.9. The van der Waals surface area contributed by atoms with Gasteiger partial charge in [0.2, 0.25) is 0 Å². The van der Waals surface area contributed by atoms with E-state index in [-0.39, 0.29) is 6.54 Å². The Hall–Kier alpha value is -4.60. The molecule has 0 unspecified atom stereocenters. The number of methoxy groups -OCH3 is 1. The van der Waals surface area contributed by atoms with E-state index >= 15 is 0 Å². The first kappa shape index (κ1) is 21.0. The summed E-state index contributed by atoms with van der Waals surface area (Å²) in [6.07, 6.45) is 8.80. The summed E-state index contributed by atoms with van der Waals surface area (Å²) >= 11 is 0. The molecule has 6 aromatic rings. The summed E-state index contributed by atoms with van der Waals surface area (Å²) in [5.74, 6) is 0.0142. The lowest BCUT2D eigenvalue weighted by Crippen LogP contribution is -2.03. The highest BCUT2D eigenvalue weighted by molar-refractivity contribution is 5.89. The molecule has 0 amide bonds. The minimum absolute atomic E-state index is 0.196. The van der Waals surface area contributed by atoms with E-state index in [1.165, 1.54) is 12.1 Å². The molecule has 174 valence electrons. The van der Waals surface area contributed by atoms with Gasteiger partial charge in [0, 0.05) is 55.4 Å². The highest BCUT2D eigenvalue weighted by Crippen LogP contribution is 2.34. The van der Waals surface area contributed by atoms with E-state index in [4.69, 9.17) is 9.72 Å². The van der Waals surface area contributed by atoms with Crippen LogP contribution in [-0.2, 0) is 13.6 Å². The second-order valence-corrected chi connectivity index (χ2v) is 8.19. The molecule has 8 nitrogen and oxygen atoms in total. The summed E-state index contributed by atoms with van der Waals surface area (Å²) in [6.45, 7) is 0.196. The van der Waals surface area contributed by atoms with Gasteiger partial charge in [0.15, 0.2) is 5.65 Å². The highest BCUT2D eigenvalue weighted by Gasteiger charge is 2.18. The zero-order chi connectivity index (χ0) is 24.1. The molecule has 6 rings (SSSR count). The van der Waals surface area contributed by atoms with E-state index in [1.54, 1.807) is 41.0 Å². The van der Waals surface area contributed by atoms with Gasteiger partial charge in [-0.15, -0.1) is 0 Å². The van der Waals surface area contributed by atoms with E-state index in [1.807, 2.05) is 36.1 Å². The number of imidazole rings is 1. The van der Waals surface area contributed by atoms with Crippen LogP contribution in [0, 0.1) is 11.6 Å². The van der Waals surface area contributed by atoms with Gasteiger partial charge in [-0.25, -0.2) is 23.3 Å². The number of fused-ring (bicyclic) bond motifs is 2. The summed E-state index contributed by atoms with van der Waals surface area (Å²) in [7, 11) is 3.43. The van der Waals surface area contributed by atoms with Gasteiger partial charge in [0.25, 0.3) is 0 Å². The monoisotopic (exact) mass is 471 g/mol. The lowest BCUT2D eigenvalue weighted by molar-refractivity contribution is 0.417. The molecule has 0 saturated carbocycles. The quantitative estimate of drug-likeness (QED) is 0.371. The number of hydrogen-bond acceptors (Lipinski definition) is 5. The Balaban J connectivity index is 1.57. The molecule has 0 atom stereocenters. The summed E-state index contributed by atoms with van der Waals surface area (Å²) in [5.41, 5.74) is 4.99. The number of pyridine rings is 1. The number of aryl methyl sites for hydroxylation is 1. The van der Waals surface area contributed by atoms with Crippen LogP contribution in [0.5, 0.6) is 5.75 Å². The molecule has 0 aliphatic heterocycles. The maximum absolute atomic E-state index is 14.0. The number of rotatable bonds is 5. The number of aromatic nitrogens is 7. The second kappa shape index (κ2) is 8.01.